The summed E-state index contributed by atoms with van der Waals surface area (Å²) in [7, 11) is 0. The molecule has 0 aliphatic heterocycles. The molecule has 0 atom stereocenters. The first-order valence-electron chi connectivity index (χ1n) is 15.7. The van der Waals surface area contributed by atoms with Crippen molar-refractivity contribution in [3.8, 4) is 11.4 Å². The number of halogens is 3. The zero-order valence-corrected chi connectivity index (χ0v) is 26.3. The maximum Gasteiger partial charge on any atom is 0.435 e. The molecule has 12 heteroatoms. The Morgan fingerprint density at radius 2 is 1.55 bits per heavy atom. The molecule has 49 heavy (non-hydrogen) atoms. The summed E-state index contributed by atoms with van der Waals surface area (Å²) >= 11 is 0. The fraction of sp³-hybridized carbons (Fsp3) is 0.216. The summed E-state index contributed by atoms with van der Waals surface area (Å²) in [6, 6.07) is 32.1. The number of aromatic nitrogens is 2. The van der Waals surface area contributed by atoms with Crippen molar-refractivity contribution in [2.45, 2.75) is 44.1 Å². The van der Waals surface area contributed by atoms with Crippen LogP contribution in [-0.4, -0.2) is 33.4 Å². The second-order valence-electron chi connectivity index (χ2n) is 12.0. The Labute approximate surface area is 280 Å². The summed E-state index contributed by atoms with van der Waals surface area (Å²) in [5, 5.41) is 21.0. The minimum atomic E-state index is -4.79. The van der Waals surface area contributed by atoms with E-state index in [-0.39, 0.29) is 23.3 Å². The molecule has 6 rings (SSSR count). The molecule has 0 saturated heterocycles. The molecule has 0 spiro atoms. The second-order valence-corrected chi connectivity index (χ2v) is 12.0. The van der Waals surface area contributed by atoms with E-state index < -0.39 is 23.9 Å². The lowest BCUT2D eigenvalue weighted by Gasteiger charge is -2.18. The summed E-state index contributed by atoms with van der Waals surface area (Å²) < 4.78 is 47.9. The first-order chi connectivity index (χ1) is 23.6. The number of ether oxygens (including phenoxy) is 1. The van der Waals surface area contributed by atoms with Crippen molar-refractivity contribution in [2.75, 3.05) is 11.9 Å². The number of carboxylic acid groups (broad SMARTS) is 1. The van der Waals surface area contributed by atoms with Gasteiger partial charge in [-0.2, -0.15) is 18.3 Å². The summed E-state index contributed by atoms with van der Waals surface area (Å²) in [6.45, 7) is 1.68. The number of anilines is 1. The maximum absolute atomic E-state index is 13.7. The lowest BCUT2D eigenvalue weighted by Crippen LogP contribution is -2.26. The van der Waals surface area contributed by atoms with Gasteiger partial charge in [-0.1, -0.05) is 66.7 Å². The number of alkyl halides is 3. The molecule has 252 valence electrons. The van der Waals surface area contributed by atoms with Gasteiger partial charge in [-0.25, -0.2) is 9.48 Å². The quantitative estimate of drug-likeness (QED) is 0.104. The lowest BCUT2D eigenvalue weighted by molar-refractivity contribution is -0.141. The minimum Gasteiger partial charge on any atom is -0.489 e. The predicted molar refractivity (Wildman–Crippen MR) is 178 cm³/mol. The van der Waals surface area contributed by atoms with Crippen molar-refractivity contribution in [3.05, 3.63) is 143 Å². The predicted octanol–water partition coefficient (Wildman–Crippen LogP) is 7.31. The van der Waals surface area contributed by atoms with Crippen molar-refractivity contribution >= 4 is 17.7 Å². The van der Waals surface area contributed by atoms with E-state index >= 15 is 0 Å². The van der Waals surface area contributed by atoms with Crippen molar-refractivity contribution in [1.82, 2.24) is 20.4 Å². The monoisotopic (exact) mass is 669 g/mol. The summed E-state index contributed by atoms with van der Waals surface area (Å²) in [5.41, 5.74) is 2.71. The molecule has 1 aromatic heterocycles. The van der Waals surface area contributed by atoms with Gasteiger partial charge in [-0.15, -0.1) is 0 Å². The number of carbonyl (C=O) groups excluding carboxylic acids is 1. The molecule has 4 aromatic carbocycles. The third kappa shape index (κ3) is 8.46. The molecule has 1 heterocycles. The fourth-order valence-electron chi connectivity index (χ4n) is 5.63. The zero-order valence-electron chi connectivity index (χ0n) is 26.3. The number of nitrogens with zero attached hydrogens (tertiary/aromatic N) is 2. The van der Waals surface area contributed by atoms with Crippen molar-refractivity contribution < 1.29 is 32.6 Å². The SMILES string of the molecule is O=C(O)NCc1cccc(-n2nc(C(F)(F)F)cc2C(=O)Nc2cccc(CNCC3(c4cccc(OCc5ccccc5)c4)CC3)c2)c1. The Kier molecular flexibility index (Phi) is 9.68. The van der Waals surface area contributed by atoms with E-state index in [0.29, 0.717) is 30.5 Å². The van der Waals surface area contributed by atoms with Gasteiger partial charge < -0.3 is 25.8 Å². The normalized spacial score (nSPS) is 13.4. The average Bonchev–Trinajstić information content (AvgIpc) is 3.73. The van der Waals surface area contributed by atoms with Crippen LogP contribution in [0.25, 0.3) is 5.69 Å². The van der Waals surface area contributed by atoms with Gasteiger partial charge >= 0.3 is 12.3 Å². The highest BCUT2D eigenvalue weighted by Gasteiger charge is 2.44. The Hall–Kier alpha value is -5.62. The average molecular weight is 670 g/mol. The highest BCUT2D eigenvalue weighted by atomic mass is 19.4. The van der Waals surface area contributed by atoms with Gasteiger partial charge in [-0.05, 0) is 71.5 Å². The summed E-state index contributed by atoms with van der Waals surface area (Å²) in [5.74, 6) is 0.0381. The van der Waals surface area contributed by atoms with Crippen LogP contribution in [0, 0.1) is 0 Å². The van der Waals surface area contributed by atoms with E-state index in [0.717, 1.165) is 40.9 Å². The largest absolute Gasteiger partial charge is 0.489 e. The number of hydrogen-bond acceptors (Lipinski definition) is 5. The van der Waals surface area contributed by atoms with Crippen LogP contribution in [0.4, 0.5) is 23.7 Å². The smallest absolute Gasteiger partial charge is 0.435 e. The van der Waals surface area contributed by atoms with Crippen LogP contribution in [0.2, 0.25) is 0 Å². The van der Waals surface area contributed by atoms with Crippen LogP contribution < -0.4 is 20.7 Å². The third-order valence-corrected chi connectivity index (χ3v) is 8.36. The molecule has 2 amide bonds. The third-order valence-electron chi connectivity index (χ3n) is 8.36. The first kappa shape index (κ1) is 33.3. The second kappa shape index (κ2) is 14.2. The molecule has 5 aromatic rings. The number of nitrogens with one attached hydrogen (secondary N) is 3. The van der Waals surface area contributed by atoms with Gasteiger partial charge in [0.15, 0.2) is 5.69 Å². The van der Waals surface area contributed by atoms with Crippen LogP contribution >= 0.6 is 0 Å². The first-order valence-corrected chi connectivity index (χ1v) is 15.7. The molecule has 9 nitrogen and oxygen atoms in total. The van der Waals surface area contributed by atoms with E-state index in [9.17, 15) is 22.8 Å². The zero-order chi connectivity index (χ0) is 34.4. The van der Waals surface area contributed by atoms with Gasteiger partial charge in [0.25, 0.3) is 5.91 Å². The van der Waals surface area contributed by atoms with Crippen LogP contribution in [-0.2, 0) is 31.3 Å². The molecule has 0 unspecified atom stereocenters. The Morgan fingerprint density at radius 1 is 0.837 bits per heavy atom. The molecule has 0 radical (unpaired) electrons. The van der Waals surface area contributed by atoms with Crippen molar-refractivity contribution in [2.24, 2.45) is 0 Å². The summed E-state index contributed by atoms with van der Waals surface area (Å²) in [6.07, 6.45) is -3.94. The number of amides is 2. The molecular weight excluding hydrogens is 635 g/mol. The molecule has 4 N–H and O–H groups in total. The number of hydrogen-bond donors (Lipinski definition) is 4. The molecule has 1 aliphatic rings. The van der Waals surface area contributed by atoms with Crippen LogP contribution in [0.1, 0.15) is 51.3 Å². The van der Waals surface area contributed by atoms with Gasteiger partial charge in [0, 0.05) is 36.8 Å². The van der Waals surface area contributed by atoms with E-state index in [1.54, 1.807) is 30.3 Å². The highest BCUT2D eigenvalue weighted by molar-refractivity contribution is 6.03. The standard InChI is InChI=1S/C37H34F3N5O4/c38-37(39,40)33-20-32(45(44-33)30-13-5-10-27(18-30)22-42-35(47)48)34(46)43-29-12-4-9-26(17-29)21-41-24-36(15-16-36)28-11-6-14-31(19-28)49-23-25-7-2-1-3-8-25/h1-14,17-20,41-42H,15-16,21-24H2,(H,43,46)(H,47,48). The maximum atomic E-state index is 13.7. The number of benzene rings is 4. The summed E-state index contributed by atoms with van der Waals surface area (Å²) in [4.78, 5) is 24.3. The Bertz CT molecular complexity index is 1940. The Morgan fingerprint density at radius 3 is 2.29 bits per heavy atom. The van der Waals surface area contributed by atoms with E-state index in [2.05, 4.69) is 33.2 Å². The molecule has 1 fully saturated rings. The number of rotatable bonds is 13. The highest BCUT2D eigenvalue weighted by Crippen LogP contribution is 2.48. The van der Waals surface area contributed by atoms with Crippen LogP contribution in [0.15, 0.2) is 109 Å². The Balaban J connectivity index is 1.10. The van der Waals surface area contributed by atoms with E-state index in [1.165, 1.54) is 17.7 Å². The molecule has 1 saturated carbocycles. The van der Waals surface area contributed by atoms with Gasteiger partial charge in [-0.3, -0.25) is 4.79 Å². The van der Waals surface area contributed by atoms with Gasteiger partial charge in [0.05, 0.1) is 5.69 Å². The fourth-order valence-corrected chi connectivity index (χ4v) is 5.63. The molecular formula is C37H34F3N5O4. The molecule has 1 aliphatic carbocycles. The number of carbonyl (C=O) groups is 2. The van der Waals surface area contributed by atoms with Crippen LogP contribution in [0.3, 0.4) is 0 Å². The minimum absolute atomic E-state index is 0.00747. The van der Waals surface area contributed by atoms with E-state index in [4.69, 9.17) is 9.84 Å². The van der Waals surface area contributed by atoms with Gasteiger partial charge in [0.2, 0.25) is 0 Å². The van der Waals surface area contributed by atoms with Gasteiger partial charge in [0.1, 0.15) is 18.1 Å². The van der Waals surface area contributed by atoms with Crippen molar-refractivity contribution in [1.29, 1.82) is 0 Å². The molecule has 0 bridgehead atoms. The van der Waals surface area contributed by atoms with Crippen molar-refractivity contribution in [3.63, 3.8) is 0 Å². The lowest BCUT2D eigenvalue weighted by atomic mass is 9.95. The van der Waals surface area contributed by atoms with E-state index in [1.807, 2.05) is 48.5 Å². The topological polar surface area (TPSA) is 118 Å². The van der Waals surface area contributed by atoms with Crippen LogP contribution in [0.5, 0.6) is 5.75 Å².